The molecule has 60 valence electrons. The second kappa shape index (κ2) is 4.35. The third-order valence-electron chi connectivity index (χ3n) is 2.35. The molecule has 0 aromatic heterocycles. The molecule has 0 aliphatic heterocycles. The van der Waals surface area contributed by atoms with Crippen LogP contribution in [0.25, 0.3) is 0 Å². The average molecular weight is 207 g/mol. The number of ether oxygens (including phenoxy) is 1. The molecular formula is C8H15BrO. The molecule has 1 fully saturated rings. The molecule has 0 atom stereocenters. The summed E-state index contributed by atoms with van der Waals surface area (Å²) in [6.45, 7) is 0. The van der Waals surface area contributed by atoms with Gasteiger partial charge in [0.25, 0.3) is 0 Å². The van der Waals surface area contributed by atoms with Gasteiger partial charge in [-0.05, 0) is 31.6 Å². The van der Waals surface area contributed by atoms with Gasteiger partial charge in [-0.1, -0.05) is 15.9 Å². The third-order valence-corrected chi connectivity index (χ3v) is 3.26. The van der Waals surface area contributed by atoms with E-state index in [-0.39, 0.29) is 0 Å². The summed E-state index contributed by atoms with van der Waals surface area (Å²) in [6.07, 6.45) is 5.74. The lowest BCUT2D eigenvalue weighted by molar-refractivity contribution is 0.0601. The highest BCUT2D eigenvalue weighted by Crippen LogP contribution is 2.26. The van der Waals surface area contributed by atoms with Gasteiger partial charge in [0.1, 0.15) is 0 Å². The molecule has 0 radical (unpaired) electrons. The first-order valence-corrected chi connectivity index (χ1v) is 5.07. The van der Waals surface area contributed by atoms with Crippen molar-refractivity contribution >= 4 is 15.9 Å². The molecule has 2 heteroatoms. The molecule has 0 bridgehead atoms. The normalized spacial score (nSPS) is 34.2. The van der Waals surface area contributed by atoms with E-state index in [1.807, 2.05) is 7.11 Å². The van der Waals surface area contributed by atoms with Crippen molar-refractivity contribution in [3.05, 3.63) is 0 Å². The second-order valence-corrected chi connectivity index (χ2v) is 3.68. The van der Waals surface area contributed by atoms with Gasteiger partial charge in [0.2, 0.25) is 0 Å². The third kappa shape index (κ3) is 2.24. The minimum atomic E-state index is 0.551. The maximum absolute atomic E-state index is 5.27. The van der Waals surface area contributed by atoms with E-state index in [0.29, 0.717) is 6.10 Å². The molecule has 1 aliphatic rings. The monoisotopic (exact) mass is 206 g/mol. The van der Waals surface area contributed by atoms with Crippen LogP contribution >= 0.6 is 15.9 Å². The van der Waals surface area contributed by atoms with Crippen molar-refractivity contribution in [2.24, 2.45) is 5.92 Å². The molecular weight excluding hydrogens is 192 g/mol. The first-order valence-electron chi connectivity index (χ1n) is 3.95. The van der Waals surface area contributed by atoms with Crippen LogP contribution in [-0.4, -0.2) is 18.5 Å². The SMILES string of the molecule is COC1CCC(CBr)CC1. The van der Waals surface area contributed by atoms with Crippen LogP contribution in [0.4, 0.5) is 0 Å². The highest BCUT2D eigenvalue weighted by atomic mass is 79.9. The summed E-state index contributed by atoms with van der Waals surface area (Å²) in [4.78, 5) is 0. The van der Waals surface area contributed by atoms with E-state index in [1.54, 1.807) is 0 Å². The van der Waals surface area contributed by atoms with Crippen molar-refractivity contribution in [3.63, 3.8) is 0 Å². The topological polar surface area (TPSA) is 9.23 Å². The van der Waals surface area contributed by atoms with Crippen LogP contribution in [-0.2, 0) is 4.74 Å². The Hall–Kier alpha value is 0.440. The van der Waals surface area contributed by atoms with E-state index in [2.05, 4.69) is 15.9 Å². The van der Waals surface area contributed by atoms with Crippen molar-refractivity contribution in [3.8, 4) is 0 Å². The fourth-order valence-electron chi connectivity index (χ4n) is 1.52. The second-order valence-electron chi connectivity index (χ2n) is 3.03. The summed E-state index contributed by atoms with van der Waals surface area (Å²) in [5, 5.41) is 1.17. The summed E-state index contributed by atoms with van der Waals surface area (Å²) < 4.78 is 5.27. The summed E-state index contributed by atoms with van der Waals surface area (Å²) >= 11 is 3.51. The lowest BCUT2D eigenvalue weighted by Crippen LogP contribution is -2.20. The molecule has 0 spiro atoms. The van der Waals surface area contributed by atoms with Crippen molar-refractivity contribution < 1.29 is 4.74 Å². The fourth-order valence-corrected chi connectivity index (χ4v) is 2.17. The summed E-state index contributed by atoms with van der Waals surface area (Å²) in [5.74, 6) is 0.909. The standard InChI is InChI=1S/C8H15BrO/c1-10-8-4-2-7(6-9)3-5-8/h7-8H,2-6H2,1H3. The van der Waals surface area contributed by atoms with E-state index in [1.165, 1.54) is 31.0 Å². The first kappa shape index (κ1) is 8.54. The number of halogens is 1. The van der Waals surface area contributed by atoms with Gasteiger partial charge < -0.3 is 4.74 Å². The molecule has 1 saturated carbocycles. The Kier molecular flexibility index (Phi) is 3.71. The van der Waals surface area contributed by atoms with Crippen molar-refractivity contribution in [1.82, 2.24) is 0 Å². The molecule has 1 rings (SSSR count). The molecule has 1 aliphatic carbocycles. The van der Waals surface area contributed by atoms with Gasteiger partial charge in [0.05, 0.1) is 6.10 Å². The molecule has 0 aromatic rings. The van der Waals surface area contributed by atoms with Crippen LogP contribution < -0.4 is 0 Å². The lowest BCUT2D eigenvalue weighted by Gasteiger charge is -2.25. The zero-order valence-electron chi connectivity index (χ0n) is 6.48. The number of methoxy groups -OCH3 is 1. The zero-order valence-corrected chi connectivity index (χ0v) is 8.06. The Morgan fingerprint density at radius 3 is 2.30 bits per heavy atom. The minimum absolute atomic E-state index is 0.551. The predicted molar refractivity (Wildman–Crippen MR) is 46.5 cm³/mol. The van der Waals surface area contributed by atoms with E-state index in [4.69, 9.17) is 4.74 Å². The van der Waals surface area contributed by atoms with Crippen LogP contribution in [0.1, 0.15) is 25.7 Å². The van der Waals surface area contributed by atoms with Crippen molar-refractivity contribution in [2.75, 3.05) is 12.4 Å². The fraction of sp³-hybridized carbons (Fsp3) is 1.00. The minimum Gasteiger partial charge on any atom is -0.381 e. The average Bonchev–Trinajstić information content (AvgIpc) is 2.05. The Bertz CT molecular complexity index is 75.3. The quantitative estimate of drug-likeness (QED) is 0.632. The molecule has 0 saturated heterocycles. The van der Waals surface area contributed by atoms with Gasteiger partial charge in [0.15, 0.2) is 0 Å². The number of hydrogen-bond donors (Lipinski definition) is 0. The molecule has 0 amide bonds. The lowest BCUT2D eigenvalue weighted by atomic mass is 9.89. The van der Waals surface area contributed by atoms with Gasteiger partial charge in [-0.15, -0.1) is 0 Å². The Labute approximate surface area is 71.3 Å². The van der Waals surface area contributed by atoms with Gasteiger partial charge in [0, 0.05) is 12.4 Å². The van der Waals surface area contributed by atoms with Crippen LogP contribution in [0, 0.1) is 5.92 Å². The highest BCUT2D eigenvalue weighted by Gasteiger charge is 2.19. The maximum atomic E-state index is 5.27. The molecule has 0 unspecified atom stereocenters. The van der Waals surface area contributed by atoms with E-state index in [9.17, 15) is 0 Å². The van der Waals surface area contributed by atoms with Crippen molar-refractivity contribution in [1.29, 1.82) is 0 Å². The predicted octanol–water partition coefficient (Wildman–Crippen LogP) is 2.59. The summed E-state index contributed by atoms with van der Waals surface area (Å²) in [6, 6.07) is 0. The summed E-state index contributed by atoms with van der Waals surface area (Å²) in [7, 11) is 1.82. The smallest absolute Gasteiger partial charge is 0.0571 e. The summed E-state index contributed by atoms with van der Waals surface area (Å²) in [5.41, 5.74) is 0. The van der Waals surface area contributed by atoms with Crippen LogP contribution in [0.15, 0.2) is 0 Å². The van der Waals surface area contributed by atoms with Crippen LogP contribution in [0.2, 0.25) is 0 Å². The highest BCUT2D eigenvalue weighted by molar-refractivity contribution is 9.09. The Morgan fingerprint density at radius 1 is 1.30 bits per heavy atom. The van der Waals surface area contributed by atoms with Gasteiger partial charge in [-0.25, -0.2) is 0 Å². The van der Waals surface area contributed by atoms with Gasteiger partial charge in [-0.2, -0.15) is 0 Å². The molecule has 1 nitrogen and oxygen atoms in total. The Balaban J connectivity index is 2.17. The molecule has 10 heavy (non-hydrogen) atoms. The first-order chi connectivity index (χ1) is 4.86. The van der Waals surface area contributed by atoms with Crippen LogP contribution in [0.5, 0.6) is 0 Å². The van der Waals surface area contributed by atoms with E-state index >= 15 is 0 Å². The largest absolute Gasteiger partial charge is 0.381 e. The molecule has 0 N–H and O–H groups in total. The van der Waals surface area contributed by atoms with Crippen LogP contribution in [0.3, 0.4) is 0 Å². The van der Waals surface area contributed by atoms with E-state index < -0.39 is 0 Å². The molecule has 0 heterocycles. The van der Waals surface area contributed by atoms with Crippen molar-refractivity contribution in [2.45, 2.75) is 31.8 Å². The zero-order chi connectivity index (χ0) is 7.40. The van der Waals surface area contributed by atoms with Gasteiger partial charge in [-0.3, -0.25) is 0 Å². The number of alkyl halides is 1. The maximum Gasteiger partial charge on any atom is 0.0571 e. The van der Waals surface area contributed by atoms with E-state index in [0.717, 1.165) is 5.92 Å². The number of rotatable bonds is 2. The molecule has 0 aromatic carbocycles. The van der Waals surface area contributed by atoms with Gasteiger partial charge >= 0.3 is 0 Å². The number of hydrogen-bond acceptors (Lipinski definition) is 1. The Morgan fingerprint density at radius 2 is 1.90 bits per heavy atom.